The van der Waals surface area contributed by atoms with Crippen LogP contribution in [-0.4, -0.2) is 40.7 Å². The van der Waals surface area contributed by atoms with E-state index in [1.54, 1.807) is 24.1 Å². The standard InChI is InChI=1S/C22H25N3O4/c1-5-28-19-9-7-6-8-18(19)22(26)25(15(2)3)14-20-23-21(24-29-20)16-10-12-17(27-4)13-11-16/h6-13,15H,5,14H2,1-4H3. The van der Waals surface area contributed by atoms with E-state index in [-0.39, 0.29) is 18.5 Å². The van der Waals surface area contributed by atoms with E-state index in [0.29, 0.717) is 29.6 Å². The second kappa shape index (κ2) is 9.23. The Kier molecular flexibility index (Phi) is 6.49. The number of nitrogens with zero attached hydrogens (tertiary/aromatic N) is 3. The molecular formula is C22H25N3O4. The van der Waals surface area contributed by atoms with E-state index in [0.717, 1.165) is 11.3 Å². The normalized spacial score (nSPS) is 10.8. The molecule has 1 amide bonds. The second-order valence-corrected chi connectivity index (χ2v) is 6.70. The number of rotatable bonds is 8. The van der Waals surface area contributed by atoms with Crippen LogP contribution in [0.2, 0.25) is 0 Å². The highest BCUT2D eigenvalue weighted by Crippen LogP contribution is 2.23. The summed E-state index contributed by atoms with van der Waals surface area (Å²) in [5, 5.41) is 4.04. The lowest BCUT2D eigenvalue weighted by Crippen LogP contribution is -2.36. The molecule has 0 spiro atoms. The van der Waals surface area contributed by atoms with Crippen molar-refractivity contribution in [1.82, 2.24) is 15.0 Å². The van der Waals surface area contributed by atoms with Crippen LogP contribution in [-0.2, 0) is 6.54 Å². The average molecular weight is 395 g/mol. The Bertz CT molecular complexity index is 951. The largest absolute Gasteiger partial charge is 0.497 e. The molecule has 1 aromatic heterocycles. The molecule has 0 radical (unpaired) electrons. The van der Waals surface area contributed by atoms with Crippen molar-refractivity contribution in [3.8, 4) is 22.9 Å². The first kappa shape index (κ1) is 20.4. The predicted molar refractivity (Wildman–Crippen MR) is 109 cm³/mol. The summed E-state index contributed by atoms with van der Waals surface area (Å²) in [5.41, 5.74) is 1.32. The zero-order valence-corrected chi connectivity index (χ0v) is 17.1. The van der Waals surface area contributed by atoms with Crippen LogP contribution < -0.4 is 9.47 Å². The van der Waals surface area contributed by atoms with Crippen molar-refractivity contribution < 1.29 is 18.8 Å². The fourth-order valence-corrected chi connectivity index (χ4v) is 2.89. The number of hydrogen-bond donors (Lipinski definition) is 0. The monoisotopic (exact) mass is 395 g/mol. The van der Waals surface area contributed by atoms with Crippen molar-refractivity contribution >= 4 is 5.91 Å². The van der Waals surface area contributed by atoms with Crippen LogP contribution >= 0.6 is 0 Å². The van der Waals surface area contributed by atoms with Gasteiger partial charge in [0, 0.05) is 11.6 Å². The van der Waals surface area contributed by atoms with Crippen LogP contribution in [0.5, 0.6) is 11.5 Å². The van der Waals surface area contributed by atoms with Crippen LogP contribution in [0.25, 0.3) is 11.4 Å². The molecule has 0 unspecified atom stereocenters. The number of aromatic nitrogens is 2. The summed E-state index contributed by atoms with van der Waals surface area (Å²) in [6.45, 7) is 6.48. The number of para-hydroxylation sites is 1. The van der Waals surface area contributed by atoms with Crippen LogP contribution in [0.3, 0.4) is 0 Å². The summed E-state index contributed by atoms with van der Waals surface area (Å²) in [6, 6.07) is 14.6. The maximum absolute atomic E-state index is 13.2. The quantitative estimate of drug-likeness (QED) is 0.569. The maximum Gasteiger partial charge on any atom is 0.258 e. The lowest BCUT2D eigenvalue weighted by atomic mass is 10.1. The molecule has 152 valence electrons. The number of amides is 1. The Morgan fingerprint density at radius 2 is 1.86 bits per heavy atom. The molecule has 0 atom stereocenters. The van der Waals surface area contributed by atoms with Gasteiger partial charge in [0.25, 0.3) is 5.91 Å². The van der Waals surface area contributed by atoms with E-state index in [9.17, 15) is 4.79 Å². The predicted octanol–water partition coefficient (Wildman–Crippen LogP) is 4.19. The van der Waals surface area contributed by atoms with Gasteiger partial charge in [-0.1, -0.05) is 17.3 Å². The first-order valence-corrected chi connectivity index (χ1v) is 9.53. The van der Waals surface area contributed by atoms with Crippen molar-refractivity contribution in [2.75, 3.05) is 13.7 Å². The van der Waals surface area contributed by atoms with Crippen LogP contribution in [0.4, 0.5) is 0 Å². The summed E-state index contributed by atoms with van der Waals surface area (Å²) in [7, 11) is 1.61. The van der Waals surface area contributed by atoms with Gasteiger partial charge in [0.2, 0.25) is 11.7 Å². The minimum Gasteiger partial charge on any atom is -0.497 e. The van der Waals surface area contributed by atoms with Gasteiger partial charge in [0.15, 0.2) is 0 Å². The summed E-state index contributed by atoms with van der Waals surface area (Å²) in [6.07, 6.45) is 0. The lowest BCUT2D eigenvalue weighted by Gasteiger charge is -2.26. The van der Waals surface area contributed by atoms with Gasteiger partial charge in [-0.3, -0.25) is 4.79 Å². The zero-order valence-electron chi connectivity index (χ0n) is 17.1. The Morgan fingerprint density at radius 3 is 2.52 bits per heavy atom. The van der Waals surface area contributed by atoms with Crippen molar-refractivity contribution in [2.24, 2.45) is 0 Å². The molecule has 2 aromatic carbocycles. The summed E-state index contributed by atoms with van der Waals surface area (Å²) in [5.74, 6) is 2.01. The van der Waals surface area contributed by atoms with E-state index in [4.69, 9.17) is 14.0 Å². The first-order chi connectivity index (χ1) is 14.0. The van der Waals surface area contributed by atoms with E-state index < -0.39 is 0 Å². The van der Waals surface area contributed by atoms with Gasteiger partial charge in [-0.2, -0.15) is 4.98 Å². The Balaban J connectivity index is 1.81. The molecule has 0 bridgehead atoms. The van der Waals surface area contributed by atoms with Gasteiger partial charge in [-0.25, -0.2) is 0 Å². The topological polar surface area (TPSA) is 77.7 Å². The second-order valence-electron chi connectivity index (χ2n) is 6.70. The molecule has 7 heteroatoms. The van der Waals surface area contributed by atoms with E-state index in [1.165, 1.54) is 0 Å². The van der Waals surface area contributed by atoms with Gasteiger partial charge in [0.1, 0.15) is 18.0 Å². The zero-order chi connectivity index (χ0) is 20.8. The molecule has 0 saturated heterocycles. The van der Waals surface area contributed by atoms with Crippen LogP contribution in [0.1, 0.15) is 37.0 Å². The highest BCUT2D eigenvalue weighted by atomic mass is 16.5. The third-order valence-electron chi connectivity index (χ3n) is 4.42. The molecule has 1 heterocycles. The molecule has 3 aromatic rings. The first-order valence-electron chi connectivity index (χ1n) is 9.53. The molecule has 0 aliphatic carbocycles. The van der Waals surface area contributed by atoms with Crippen LogP contribution in [0, 0.1) is 0 Å². The Hall–Kier alpha value is -3.35. The Labute approximate surface area is 170 Å². The molecule has 0 N–H and O–H groups in total. The highest BCUT2D eigenvalue weighted by molar-refractivity contribution is 5.97. The minimum atomic E-state index is -0.145. The van der Waals surface area contributed by atoms with Crippen molar-refractivity contribution in [3.63, 3.8) is 0 Å². The SMILES string of the molecule is CCOc1ccccc1C(=O)N(Cc1nc(-c2ccc(OC)cc2)no1)C(C)C. The number of benzene rings is 2. The number of carbonyl (C=O) groups is 1. The maximum atomic E-state index is 13.2. The molecule has 7 nitrogen and oxygen atoms in total. The van der Waals surface area contributed by atoms with Crippen molar-refractivity contribution in [3.05, 3.63) is 60.0 Å². The van der Waals surface area contributed by atoms with E-state index in [2.05, 4.69) is 10.1 Å². The third-order valence-corrected chi connectivity index (χ3v) is 4.42. The summed E-state index contributed by atoms with van der Waals surface area (Å²) >= 11 is 0. The number of methoxy groups -OCH3 is 1. The van der Waals surface area contributed by atoms with Gasteiger partial charge < -0.3 is 18.9 Å². The van der Waals surface area contributed by atoms with Crippen LogP contribution in [0.15, 0.2) is 53.1 Å². The highest BCUT2D eigenvalue weighted by Gasteiger charge is 2.24. The molecule has 0 fully saturated rings. The molecule has 29 heavy (non-hydrogen) atoms. The third kappa shape index (κ3) is 4.74. The van der Waals surface area contributed by atoms with Gasteiger partial charge >= 0.3 is 0 Å². The van der Waals surface area contributed by atoms with Crippen molar-refractivity contribution in [2.45, 2.75) is 33.4 Å². The Morgan fingerprint density at radius 1 is 1.14 bits per heavy atom. The number of ether oxygens (including phenoxy) is 2. The van der Waals surface area contributed by atoms with Gasteiger partial charge in [-0.05, 0) is 57.2 Å². The summed E-state index contributed by atoms with van der Waals surface area (Å²) < 4.78 is 16.2. The molecule has 0 aliphatic heterocycles. The molecule has 0 saturated carbocycles. The minimum absolute atomic E-state index is 0.0616. The van der Waals surface area contributed by atoms with E-state index in [1.807, 2.05) is 57.2 Å². The fraction of sp³-hybridized carbons (Fsp3) is 0.318. The lowest BCUT2D eigenvalue weighted by molar-refractivity contribution is 0.0663. The molecule has 3 rings (SSSR count). The van der Waals surface area contributed by atoms with Gasteiger partial charge in [-0.15, -0.1) is 0 Å². The smallest absolute Gasteiger partial charge is 0.258 e. The van der Waals surface area contributed by atoms with Crippen molar-refractivity contribution in [1.29, 1.82) is 0 Å². The molecular weight excluding hydrogens is 370 g/mol. The summed E-state index contributed by atoms with van der Waals surface area (Å²) in [4.78, 5) is 19.3. The molecule has 0 aliphatic rings. The van der Waals surface area contributed by atoms with Gasteiger partial charge in [0.05, 0.1) is 19.3 Å². The van der Waals surface area contributed by atoms with E-state index >= 15 is 0 Å². The number of carbonyl (C=O) groups excluding carboxylic acids is 1. The number of hydrogen-bond acceptors (Lipinski definition) is 6. The average Bonchev–Trinajstić information content (AvgIpc) is 3.21. The fourth-order valence-electron chi connectivity index (χ4n) is 2.89.